The molecule has 2 rings (SSSR count). The van der Waals surface area contributed by atoms with Gasteiger partial charge in [0.25, 0.3) is 0 Å². The fraction of sp³-hybridized carbons (Fsp3) is 0.667. The summed E-state index contributed by atoms with van der Waals surface area (Å²) in [6, 6.07) is 0.223. The lowest BCUT2D eigenvalue weighted by Crippen LogP contribution is -2.27. The molecular weight excluding hydrogens is 200 g/mol. The van der Waals surface area contributed by atoms with Gasteiger partial charge in [-0.3, -0.25) is 0 Å². The van der Waals surface area contributed by atoms with Crippen LogP contribution in [0.4, 0.5) is 5.95 Å². The highest BCUT2D eigenvalue weighted by atomic mass is 15.1. The van der Waals surface area contributed by atoms with Crippen LogP contribution in [0, 0.1) is 6.92 Å². The van der Waals surface area contributed by atoms with Gasteiger partial charge >= 0.3 is 0 Å². The van der Waals surface area contributed by atoms with Gasteiger partial charge in [0, 0.05) is 24.0 Å². The second-order valence-electron chi connectivity index (χ2n) is 4.55. The van der Waals surface area contributed by atoms with E-state index in [2.05, 4.69) is 22.2 Å². The van der Waals surface area contributed by atoms with Gasteiger partial charge in [-0.15, -0.1) is 0 Å². The van der Waals surface area contributed by atoms with Gasteiger partial charge in [-0.1, -0.05) is 0 Å². The third-order valence-electron chi connectivity index (χ3n) is 3.12. The summed E-state index contributed by atoms with van der Waals surface area (Å²) in [7, 11) is 0. The Morgan fingerprint density at radius 2 is 2.06 bits per heavy atom. The maximum Gasteiger partial charge on any atom is 0.223 e. The Hall–Kier alpha value is -1.16. The first-order chi connectivity index (χ1) is 7.70. The molecule has 0 radical (unpaired) electrons. The first-order valence-corrected chi connectivity index (χ1v) is 6.03. The molecule has 0 spiro atoms. The number of nitrogens with one attached hydrogen (secondary N) is 1. The van der Waals surface area contributed by atoms with E-state index in [1.807, 2.05) is 6.92 Å². The van der Waals surface area contributed by atoms with Gasteiger partial charge in [-0.2, -0.15) is 0 Å². The fourth-order valence-electron chi connectivity index (χ4n) is 2.13. The molecule has 0 saturated carbocycles. The Morgan fingerprint density at radius 3 is 2.81 bits per heavy atom. The molecule has 1 aromatic rings. The van der Waals surface area contributed by atoms with E-state index in [1.165, 1.54) is 24.1 Å². The number of anilines is 1. The van der Waals surface area contributed by atoms with E-state index >= 15 is 0 Å². The molecule has 1 aromatic heterocycles. The Balaban J connectivity index is 2.24. The molecule has 0 saturated heterocycles. The number of rotatable bonds is 3. The molecule has 0 bridgehead atoms. The lowest BCUT2D eigenvalue weighted by atomic mass is 9.95. The van der Waals surface area contributed by atoms with Crippen LogP contribution in [0.15, 0.2) is 0 Å². The van der Waals surface area contributed by atoms with Crippen molar-refractivity contribution >= 4 is 5.95 Å². The van der Waals surface area contributed by atoms with Crippen molar-refractivity contribution in [3.05, 3.63) is 17.0 Å². The van der Waals surface area contributed by atoms with Gasteiger partial charge in [0.15, 0.2) is 0 Å². The lowest BCUT2D eigenvalue weighted by molar-refractivity contribution is 0.655. The average Bonchev–Trinajstić information content (AvgIpc) is 2.29. The highest BCUT2D eigenvalue weighted by Gasteiger charge is 2.15. The molecule has 0 fully saturated rings. The van der Waals surface area contributed by atoms with Crippen LogP contribution in [-0.4, -0.2) is 22.6 Å². The van der Waals surface area contributed by atoms with Crippen molar-refractivity contribution in [2.45, 2.75) is 45.6 Å². The molecule has 4 heteroatoms. The normalized spacial score (nSPS) is 16.7. The molecular formula is C12H20N4. The zero-order valence-electron chi connectivity index (χ0n) is 10.1. The highest BCUT2D eigenvalue weighted by Crippen LogP contribution is 2.22. The van der Waals surface area contributed by atoms with Crippen LogP contribution in [0.3, 0.4) is 0 Å². The van der Waals surface area contributed by atoms with Crippen LogP contribution in [0.25, 0.3) is 0 Å². The van der Waals surface area contributed by atoms with Gasteiger partial charge in [0.05, 0.1) is 0 Å². The van der Waals surface area contributed by atoms with E-state index in [0.717, 1.165) is 24.5 Å². The van der Waals surface area contributed by atoms with Gasteiger partial charge < -0.3 is 11.1 Å². The monoisotopic (exact) mass is 220 g/mol. The van der Waals surface area contributed by atoms with Gasteiger partial charge in [-0.25, -0.2) is 9.97 Å². The quantitative estimate of drug-likeness (QED) is 0.808. The summed E-state index contributed by atoms with van der Waals surface area (Å²) in [5.74, 6) is 0.733. The van der Waals surface area contributed by atoms with Crippen LogP contribution in [-0.2, 0) is 12.8 Å². The van der Waals surface area contributed by atoms with Crippen LogP contribution < -0.4 is 11.1 Å². The van der Waals surface area contributed by atoms with Crippen molar-refractivity contribution in [2.24, 2.45) is 5.73 Å². The lowest BCUT2D eigenvalue weighted by Gasteiger charge is -2.19. The fourth-order valence-corrected chi connectivity index (χ4v) is 2.13. The number of aryl methyl sites for hydroxylation is 2. The van der Waals surface area contributed by atoms with E-state index in [0.29, 0.717) is 6.54 Å². The molecule has 0 amide bonds. The minimum Gasteiger partial charge on any atom is -0.350 e. The zero-order valence-corrected chi connectivity index (χ0v) is 10.1. The summed E-state index contributed by atoms with van der Waals surface area (Å²) in [5, 5.41) is 3.24. The van der Waals surface area contributed by atoms with Crippen molar-refractivity contribution in [3.8, 4) is 0 Å². The van der Waals surface area contributed by atoms with Crippen molar-refractivity contribution in [3.63, 3.8) is 0 Å². The van der Waals surface area contributed by atoms with Crippen molar-refractivity contribution in [1.29, 1.82) is 0 Å². The molecule has 0 aromatic carbocycles. The summed E-state index contributed by atoms with van der Waals surface area (Å²) in [6.45, 7) is 4.71. The molecule has 1 unspecified atom stereocenters. The number of aromatic nitrogens is 2. The summed E-state index contributed by atoms with van der Waals surface area (Å²) in [4.78, 5) is 9.08. The maximum atomic E-state index is 5.58. The third-order valence-corrected chi connectivity index (χ3v) is 3.12. The van der Waals surface area contributed by atoms with Crippen molar-refractivity contribution in [2.75, 3.05) is 11.9 Å². The number of hydrogen-bond acceptors (Lipinski definition) is 4. The van der Waals surface area contributed by atoms with E-state index in [1.54, 1.807) is 0 Å². The van der Waals surface area contributed by atoms with Crippen LogP contribution in [0.5, 0.6) is 0 Å². The molecule has 1 aliphatic rings. The number of hydrogen-bond donors (Lipinski definition) is 2. The van der Waals surface area contributed by atoms with E-state index < -0.39 is 0 Å². The molecule has 3 N–H and O–H groups in total. The van der Waals surface area contributed by atoms with Crippen LogP contribution in [0.1, 0.15) is 36.7 Å². The Kier molecular flexibility index (Phi) is 3.39. The molecule has 88 valence electrons. The van der Waals surface area contributed by atoms with E-state index in [9.17, 15) is 0 Å². The van der Waals surface area contributed by atoms with E-state index in [4.69, 9.17) is 5.73 Å². The van der Waals surface area contributed by atoms with Crippen LogP contribution in [0.2, 0.25) is 0 Å². The van der Waals surface area contributed by atoms with Gasteiger partial charge in [-0.05, 0) is 45.1 Å². The zero-order chi connectivity index (χ0) is 11.5. The Labute approximate surface area is 96.7 Å². The predicted octanol–water partition coefficient (Wildman–Crippen LogP) is 1.42. The van der Waals surface area contributed by atoms with Gasteiger partial charge in [0.2, 0.25) is 5.95 Å². The molecule has 4 nitrogen and oxygen atoms in total. The summed E-state index contributed by atoms with van der Waals surface area (Å²) in [6.07, 6.45) is 4.73. The summed E-state index contributed by atoms with van der Waals surface area (Å²) < 4.78 is 0. The maximum absolute atomic E-state index is 5.58. The second-order valence-corrected chi connectivity index (χ2v) is 4.55. The standard InChI is InChI=1S/C12H20N4/c1-8(7-13)14-12-15-9(2)10-5-3-4-6-11(10)16-12/h8H,3-7,13H2,1-2H3,(H,14,15,16). The molecule has 1 heterocycles. The van der Waals surface area contributed by atoms with Gasteiger partial charge in [0.1, 0.15) is 0 Å². The molecule has 1 atom stereocenters. The molecule has 1 aliphatic carbocycles. The Bertz CT molecular complexity index is 376. The van der Waals surface area contributed by atoms with Crippen molar-refractivity contribution in [1.82, 2.24) is 9.97 Å². The predicted molar refractivity (Wildman–Crippen MR) is 65.6 cm³/mol. The minimum atomic E-state index is 0.223. The van der Waals surface area contributed by atoms with Crippen molar-refractivity contribution < 1.29 is 0 Å². The van der Waals surface area contributed by atoms with E-state index in [-0.39, 0.29) is 6.04 Å². The first kappa shape index (κ1) is 11.3. The Morgan fingerprint density at radius 1 is 1.31 bits per heavy atom. The smallest absolute Gasteiger partial charge is 0.223 e. The summed E-state index contributed by atoms with van der Waals surface area (Å²) in [5.41, 5.74) is 9.29. The summed E-state index contributed by atoms with van der Waals surface area (Å²) >= 11 is 0. The first-order valence-electron chi connectivity index (χ1n) is 6.03. The largest absolute Gasteiger partial charge is 0.350 e. The average molecular weight is 220 g/mol. The highest BCUT2D eigenvalue weighted by molar-refractivity contribution is 5.36. The number of nitrogens with two attached hydrogens (primary N) is 1. The molecule has 16 heavy (non-hydrogen) atoms. The number of fused-ring (bicyclic) bond motifs is 1. The minimum absolute atomic E-state index is 0.223. The van der Waals surface area contributed by atoms with Crippen LogP contribution >= 0.6 is 0 Å². The number of nitrogens with zero attached hydrogens (tertiary/aromatic N) is 2. The third kappa shape index (κ3) is 2.32. The molecule has 0 aliphatic heterocycles. The SMILES string of the molecule is Cc1nc(NC(C)CN)nc2c1CCCC2. The topological polar surface area (TPSA) is 63.8 Å². The second kappa shape index (κ2) is 4.78.